The lowest BCUT2D eigenvalue weighted by Crippen LogP contribution is -2.50. The number of hydrogen-bond acceptors (Lipinski definition) is 4. The van der Waals surface area contributed by atoms with E-state index in [2.05, 4.69) is 29.2 Å². The maximum Gasteiger partial charge on any atom is 0.0531 e. The quantitative estimate of drug-likeness (QED) is 0.807. The van der Waals surface area contributed by atoms with Crippen molar-refractivity contribution in [3.63, 3.8) is 0 Å². The summed E-state index contributed by atoms with van der Waals surface area (Å²) in [6.07, 6.45) is 5.14. The van der Waals surface area contributed by atoms with Gasteiger partial charge in [-0.15, -0.1) is 0 Å². The molecular formula is C15H31N3O. The molecule has 2 heterocycles. The number of likely N-dealkylation sites (tertiary alicyclic amines) is 1. The van der Waals surface area contributed by atoms with Gasteiger partial charge in [-0.05, 0) is 66.0 Å². The van der Waals surface area contributed by atoms with Crippen LogP contribution >= 0.6 is 0 Å². The van der Waals surface area contributed by atoms with Crippen LogP contribution in [0.1, 0.15) is 25.7 Å². The van der Waals surface area contributed by atoms with E-state index in [1.54, 1.807) is 0 Å². The lowest BCUT2D eigenvalue weighted by molar-refractivity contribution is 0.0114. The summed E-state index contributed by atoms with van der Waals surface area (Å²) in [5.74, 6) is 0. The molecule has 0 amide bonds. The average Bonchev–Trinajstić information content (AvgIpc) is 2.40. The predicted octanol–water partition coefficient (Wildman–Crippen LogP) is 1.03. The van der Waals surface area contributed by atoms with E-state index in [0.29, 0.717) is 5.41 Å². The average molecular weight is 269 g/mol. The summed E-state index contributed by atoms with van der Waals surface area (Å²) in [5, 5.41) is 3.48. The molecule has 0 aromatic heterocycles. The molecule has 0 unspecified atom stereocenters. The van der Waals surface area contributed by atoms with Crippen molar-refractivity contribution in [1.29, 1.82) is 0 Å². The maximum atomic E-state index is 5.52. The molecule has 2 saturated heterocycles. The number of nitrogens with zero attached hydrogens (tertiary/aromatic N) is 2. The highest BCUT2D eigenvalue weighted by molar-refractivity contribution is 4.89. The molecule has 2 aliphatic heterocycles. The number of hydrogen-bond donors (Lipinski definition) is 1. The van der Waals surface area contributed by atoms with E-state index >= 15 is 0 Å². The molecule has 112 valence electrons. The topological polar surface area (TPSA) is 27.7 Å². The van der Waals surface area contributed by atoms with Gasteiger partial charge >= 0.3 is 0 Å². The molecule has 0 saturated carbocycles. The molecule has 4 heteroatoms. The Morgan fingerprint density at radius 1 is 1.21 bits per heavy atom. The fourth-order valence-corrected chi connectivity index (χ4v) is 3.68. The van der Waals surface area contributed by atoms with Gasteiger partial charge in [-0.25, -0.2) is 0 Å². The molecule has 0 atom stereocenters. The molecule has 0 aromatic carbocycles. The second kappa shape index (κ2) is 7.02. The van der Waals surface area contributed by atoms with Crippen molar-refractivity contribution in [2.75, 3.05) is 60.5 Å². The molecule has 2 rings (SSSR count). The van der Waals surface area contributed by atoms with Crippen molar-refractivity contribution in [1.82, 2.24) is 15.1 Å². The number of nitrogens with one attached hydrogen (secondary N) is 1. The van der Waals surface area contributed by atoms with Gasteiger partial charge in [-0.3, -0.25) is 0 Å². The van der Waals surface area contributed by atoms with E-state index in [9.17, 15) is 0 Å². The highest BCUT2D eigenvalue weighted by Crippen LogP contribution is 2.31. The first-order chi connectivity index (χ1) is 9.15. The first-order valence-electron chi connectivity index (χ1n) is 7.74. The molecule has 1 N–H and O–H groups in total. The summed E-state index contributed by atoms with van der Waals surface area (Å²) in [6.45, 7) is 6.95. The molecule has 0 bridgehead atoms. The van der Waals surface area contributed by atoms with Gasteiger partial charge in [-0.1, -0.05) is 0 Å². The Kier molecular flexibility index (Phi) is 5.63. The standard InChI is InChI=1S/C15H31N3O/c1-17(2)14-4-10-18(11-5-14)12-15(13-19-3)6-8-16-9-7-15/h14,16H,4-13H2,1-3H3. The van der Waals surface area contributed by atoms with Crippen LogP contribution in [0.2, 0.25) is 0 Å². The SMILES string of the molecule is COCC1(CN2CCC(N(C)C)CC2)CCNCC1. The van der Waals surface area contributed by atoms with Gasteiger partial charge in [0.25, 0.3) is 0 Å². The minimum Gasteiger partial charge on any atom is -0.384 e. The highest BCUT2D eigenvalue weighted by Gasteiger charge is 2.35. The Bertz CT molecular complexity index is 251. The second-order valence-electron chi connectivity index (χ2n) is 6.65. The second-order valence-corrected chi connectivity index (χ2v) is 6.65. The van der Waals surface area contributed by atoms with Crippen molar-refractivity contribution >= 4 is 0 Å². The van der Waals surface area contributed by atoms with Crippen LogP contribution in [0.3, 0.4) is 0 Å². The van der Waals surface area contributed by atoms with Crippen LogP contribution in [0, 0.1) is 5.41 Å². The van der Waals surface area contributed by atoms with Crippen LogP contribution in [0.5, 0.6) is 0 Å². The third-order valence-corrected chi connectivity index (χ3v) is 4.96. The van der Waals surface area contributed by atoms with Crippen LogP contribution in [-0.2, 0) is 4.74 Å². The molecule has 0 spiro atoms. The monoisotopic (exact) mass is 269 g/mol. The molecule has 19 heavy (non-hydrogen) atoms. The van der Waals surface area contributed by atoms with Crippen LogP contribution in [0.25, 0.3) is 0 Å². The Balaban J connectivity index is 1.85. The van der Waals surface area contributed by atoms with Crippen molar-refractivity contribution in [3.05, 3.63) is 0 Å². The summed E-state index contributed by atoms with van der Waals surface area (Å²) < 4.78 is 5.52. The predicted molar refractivity (Wildman–Crippen MR) is 79.6 cm³/mol. The van der Waals surface area contributed by atoms with Gasteiger partial charge in [0.2, 0.25) is 0 Å². The minimum absolute atomic E-state index is 0.394. The first kappa shape index (κ1) is 15.2. The van der Waals surface area contributed by atoms with Crippen molar-refractivity contribution in [2.45, 2.75) is 31.7 Å². The zero-order valence-electron chi connectivity index (χ0n) is 13.0. The van der Waals surface area contributed by atoms with Gasteiger partial charge in [0.1, 0.15) is 0 Å². The van der Waals surface area contributed by atoms with Gasteiger partial charge in [0, 0.05) is 25.1 Å². The molecule has 2 aliphatic rings. The van der Waals surface area contributed by atoms with Crippen molar-refractivity contribution in [2.24, 2.45) is 5.41 Å². The smallest absolute Gasteiger partial charge is 0.0531 e. The van der Waals surface area contributed by atoms with Crippen LogP contribution in [0.4, 0.5) is 0 Å². The molecule has 0 aromatic rings. The van der Waals surface area contributed by atoms with E-state index in [0.717, 1.165) is 25.7 Å². The number of ether oxygens (including phenoxy) is 1. The molecule has 4 nitrogen and oxygen atoms in total. The molecule has 2 fully saturated rings. The summed E-state index contributed by atoms with van der Waals surface area (Å²) in [6, 6.07) is 0.780. The number of methoxy groups -OCH3 is 1. The van der Waals surface area contributed by atoms with E-state index in [1.165, 1.54) is 45.3 Å². The van der Waals surface area contributed by atoms with Gasteiger partial charge < -0.3 is 19.9 Å². The zero-order chi connectivity index (χ0) is 13.7. The van der Waals surface area contributed by atoms with E-state index < -0.39 is 0 Å². The van der Waals surface area contributed by atoms with Gasteiger partial charge in [-0.2, -0.15) is 0 Å². The van der Waals surface area contributed by atoms with Gasteiger partial charge in [0.05, 0.1) is 6.61 Å². The zero-order valence-corrected chi connectivity index (χ0v) is 13.0. The van der Waals surface area contributed by atoms with E-state index in [-0.39, 0.29) is 0 Å². The lowest BCUT2D eigenvalue weighted by Gasteiger charge is -2.43. The Morgan fingerprint density at radius 2 is 1.84 bits per heavy atom. The molecular weight excluding hydrogens is 238 g/mol. The van der Waals surface area contributed by atoms with Crippen molar-refractivity contribution < 1.29 is 4.74 Å². The third kappa shape index (κ3) is 4.15. The van der Waals surface area contributed by atoms with Crippen LogP contribution < -0.4 is 5.32 Å². The molecule has 0 aliphatic carbocycles. The van der Waals surface area contributed by atoms with Crippen LogP contribution in [-0.4, -0.2) is 76.4 Å². The summed E-state index contributed by atoms with van der Waals surface area (Å²) >= 11 is 0. The highest BCUT2D eigenvalue weighted by atomic mass is 16.5. The van der Waals surface area contributed by atoms with E-state index in [4.69, 9.17) is 4.74 Å². The molecule has 0 radical (unpaired) electrons. The Morgan fingerprint density at radius 3 is 2.37 bits per heavy atom. The Hall–Kier alpha value is -0.160. The summed E-state index contributed by atoms with van der Waals surface area (Å²) in [7, 11) is 6.27. The fourth-order valence-electron chi connectivity index (χ4n) is 3.68. The normalized spacial score (nSPS) is 25.9. The van der Waals surface area contributed by atoms with Gasteiger partial charge in [0.15, 0.2) is 0 Å². The number of rotatable bonds is 5. The number of piperidine rings is 2. The summed E-state index contributed by atoms with van der Waals surface area (Å²) in [4.78, 5) is 5.05. The largest absolute Gasteiger partial charge is 0.384 e. The van der Waals surface area contributed by atoms with E-state index in [1.807, 2.05) is 7.11 Å². The lowest BCUT2D eigenvalue weighted by atomic mass is 9.78. The third-order valence-electron chi connectivity index (χ3n) is 4.96. The summed E-state index contributed by atoms with van der Waals surface area (Å²) in [5.41, 5.74) is 0.394. The maximum absolute atomic E-state index is 5.52. The first-order valence-corrected chi connectivity index (χ1v) is 7.74. The fraction of sp³-hybridized carbons (Fsp3) is 1.00. The minimum atomic E-state index is 0.394. The Labute approximate surface area is 118 Å². The van der Waals surface area contributed by atoms with Crippen molar-refractivity contribution in [3.8, 4) is 0 Å². The van der Waals surface area contributed by atoms with Crippen LogP contribution in [0.15, 0.2) is 0 Å².